The fourth-order valence-electron chi connectivity index (χ4n) is 2.36. The van der Waals surface area contributed by atoms with E-state index in [2.05, 4.69) is 0 Å². The van der Waals surface area contributed by atoms with Crippen LogP contribution in [0.3, 0.4) is 0 Å². The second kappa shape index (κ2) is 7.56. The number of esters is 1. The number of carbonyl (C=O) groups is 1. The topological polar surface area (TPSA) is 35.5 Å². The molecule has 0 saturated heterocycles. The summed E-state index contributed by atoms with van der Waals surface area (Å²) in [5.74, 6) is -0.340. The lowest BCUT2D eigenvalue weighted by molar-refractivity contribution is -0.148. The summed E-state index contributed by atoms with van der Waals surface area (Å²) in [6, 6.07) is 19.8. The third-order valence-electron chi connectivity index (χ3n) is 3.56. The van der Waals surface area contributed by atoms with Gasteiger partial charge in [0.25, 0.3) is 0 Å². The first-order valence-corrected chi connectivity index (χ1v) is 7.59. The Labute approximate surface area is 135 Å². The van der Waals surface area contributed by atoms with Gasteiger partial charge in [-0.3, -0.25) is 0 Å². The minimum Gasteiger partial charge on any atom is -0.452 e. The molecule has 0 amide bonds. The van der Waals surface area contributed by atoms with Gasteiger partial charge in [0.15, 0.2) is 6.10 Å². The molecule has 0 spiro atoms. The van der Waals surface area contributed by atoms with Crippen LogP contribution in [-0.2, 0) is 20.9 Å². The smallest absolute Gasteiger partial charge is 0.331 e. The molecule has 1 aliphatic rings. The molecule has 0 unspecified atom stereocenters. The number of hydrogen-bond donors (Lipinski definition) is 0. The molecule has 23 heavy (non-hydrogen) atoms. The normalized spacial score (nSPS) is 20.6. The lowest BCUT2D eigenvalue weighted by Gasteiger charge is -2.25. The molecule has 0 aromatic heterocycles. The molecule has 116 valence electrons. The average Bonchev–Trinajstić information content (AvgIpc) is 2.61. The predicted octanol–water partition coefficient (Wildman–Crippen LogP) is 3.77. The van der Waals surface area contributed by atoms with E-state index in [1.165, 1.54) is 6.08 Å². The number of hydrogen-bond acceptors (Lipinski definition) is 3. The highest BCUT2D eigenvalue weighted by molar-refractivity contribution is 5.83. The molecule has 2 aromatic carbocycles. The van der Waals surface area contributed by atoms with Crippen molar-refractivity contribution in [1.82, 2.24) is 0 Å². The largest absolute Gasteiger partial charge is 0.452 e. The zero-order valence-electron chi connectivity index (χ0n) is 12.7. The van der Waals surface area contributed by atoms with Crippen LogP contribution in [0.15, 0.2) is 78.9 Å². The van der Waals surface area contributed by atoms with Gasteiger partial charge in [0.05, 0.1) is 6.61 Å². The Balaban J connectivity index is 1.67. The number of benzene rings is 2. The van der Waals surface area contributed by atoms with Gasteiger partial charge in [0.2, 0.25) is 0 Å². The van der Waals surface area contributed by atoms with E-state index in [4.69, 9.17) is 9.47 Å². The van der Waals surface area contributed by atoms with Gasteiger partial charge in [0.1, 0.15) is 6.10 Å². The number of cyclic esters (lactones) is 1. The number of rotatable bonds is 5. The lowest BCUT2D eigenvalue weighted by atomic mass is 10.1. The maximum atomic E-state index is 11.5. The summed E-state index contributed by atoms with van der Waals surface area (Å²) in [4.78, 5) is 11.5. The highest BCUT2D eigenvalue weighted by Gasteiger charge is 2.25. The van der Waals surface area contributed by atoms with E-state index >= 15 is 0 Å². The van der Waals surface area contributed by atoms with Crippen LogP contribution in [0.4, 0.5) is 0 Å². The van der Waals surface area contributed by atoms with Crippen LogP contribution in [0.5, 0.6) is 0 Å². The SMILES string of the molecule is O=C1C=C[C@H](OCc2ccccc2)[C@H](/C=C/c2ccccc2)O1. The van der Waals surface area contributed by atoms with E-state index in [9.17, 15) is 4.79 Å². The van der Waals surface area contributed by atoms with E-state index in [1.54, 1.807) is 6.08 Å². The summed E-state index contributed by atoms with van der Waals surface area (Å²) < 4.78 is 11.3. The minimum absolute atomic E-state index is 0.284. The number of carbonyl (C=O) groups excluding carboxylic acids is 1. The molecular weight excluding hydrogens is 288 g/mol. The molecule has 0 N–H and O–H groups in total. The highest BCUT2D eigenvalue weighted by Crippen LogP contribution is 2.17. The molecule has 1 heterocycles. The first-order valence-electron chi connectivity index (χ1n) is 7.59. The Morgan fingerprint density at radius 1 is 1.00 bits per heavy atom. The Morgan fingerprint density at radius 3 is 2.43 bits per heavy atom. The van der Waals surface area contributed by atoms with Crippen LogP contribution in [0.2, 0.25) is 0 Å². The third-order valence-corrected chi connectivity index (χ3v) is 3.56. The molecule has 3 nitrogen and oxygen atoms in total. The van der Waals surface area contributed by atoms with Crippen molar-refractivity contribution in [3.63, 3.8) is 0 Å². The van der Waals surface area contributed by atoms with Crippen molar-refractivity contribution >= 4 is 12.0 Å². The fraction of sp³-hybridized carbons (Fsp3) is 0.150. The monoisotopic (exact) mass is 306 g/mol. The molecule has 2 atom stereocenters. The molecule has 1 aliphatic heterocycles. The first kappa shape index (κ1) is 15.3. The van der Waals surface area contributed by atoms with Crippen molar-refractivity contribution in [3.8, 4) is 0 Å². The predicted molar refractivity (Wildman–Crippen MR) is 89.5 cm³/mol. The molecular formula is C20H18O3. The quantitative estimate of drug-likeness (QED) is 0.789. The molecule has 0 fully saturated rings. The van der Waals surface area contributed by atoms with Crippen molar-refractivity contribution < 1.29 is 14.3 Å². The highest BCUT2D eigenvalue weighted by atomic mass is 16.6. The Bertz CT molecular complexity index is 689. The maximum Gasteiger partial charge on any atom is 0.331 e. The van der Waals surface area contributed by atoms with Crippen LogP contribution < -0.4 is 0 Å². The average molecular weight is 306 g/mol. The Morgan fingerprint density at radius 2 is 1.70 bits per heavy atom. The standard InChI is InChI=1S/C20H18O3/c21-20-14-13-18(22-15-17-9-5-2-6-10-17)19(23-20)12-11-16-7-3-1-4-8-16/h1-14,18-19H,15H2/b12-11+/t18-,19-/m0/s1. The van der Waals surface area contributed by atoms with Gasteiger partial charge in [-0.2, -0.15) is 0 Å². The second-order valence-electron chi connectivity index (χ2n) is 5.29. The van der Waals surface area contributed by atoms with Crippen molar-refractivity contribution in [2.45, 2.75) is 18.8 Å². The summed E-state index contributed by atoms with van der Waals surface area (Å²) in [6.07, 6.45) is 6.28. The molecule has 3 heteroatoms. The molecule has 0 radical (unpaired) electrons. The first-order chi connectivity index (χ1) is 11.3. The summed E-state index contributed by atoms with van der Waals surface area (Å²) in [5.41, 5.74) is 2.14. The molecule has 0 bridgehead atoms. The van der Waals surface area contributed by atoms with E-state index < -0.39 is 6.10 Å². The van der Waals surface area contributed by atoms with Crippen LogP contribution >= 0.6 is 0 Å². The van der Waals surface area contributed by atoms with Gasteiger partial charge in [-0.25, -0.2) is 4.79 Å². The van der Waals surface area contributed by atoms with Gasteiger partial charge in [-0.15, -0.1) is 0 Å². The molecule has 2 aromatic rings. The second-order valence-corrected chi connectivity index (χ2v) is 5.29. The summed E-state index contributed by atoms with van der Waals surface area (Å²) >= 11 is 0. The van der Waals surface area contributed by atoms with Crippen LogP contribution in [0, 0.1) is 0 Å². The van der Waals surface area contributed by atoms with E-state index in [0.29, 0.717) is 6.61 Å². The van der Waals surface area contributed by atoms with Crippen LogP contribution in [-0.4, -0.2) is 18.2 Å². The van der Waals surface area contributed by atoms with Crippen LogP contribution in [0.1, 0.15) is 11.1 Å². The molecule has 0 aliphatic carbocycles. The fourth-order valence-corrected chi connectivity index (χ4v) is 2.36. The zero-order chi connectivity index (χ0) is 15.9. The summed E-state index contributed by atoms with van der Waals surface area (Å²) in [6.45, 7) is 0.475. The van der Waals surface area contributed by atoms with E-state index in [-0.39, 0.29) is 12.1 Å². The Hall–Kier alpha value is -2.65. The van der Waals surface area contributed by atoms with Crippen molar-refractivity contribution in [1.29, 1.82) is 0 Å². The van der Waals surface area contributed by atoms with Crippen molar-refractivity contribution in [2.75, 3.05) is 0 Å². The maximum absolute atomic E-state index is 11.5. The van der Waals surface area contributed by atoms with Crippen molar-refractivity contribution in [2.24, 2.45) is 0 Å². The molecule has 0 saturated carbocycles. The van der Waals surface area contributed by atoms with Gasteiger partial charge in [-0.05, 0) is 23.3 Å². The van der Waals surface area contributed by atoms with Gasteiger partial charge >= 0.3 is 5.97 Å². The lowest BCUT2D eigenvalue weighted by Crippen LogP contribution is -2.33. The number of ether oxygens (including phenoxy) is 2. The summed E-state index contributed by atoms with van der Waals surface area (Å²) in [5, 5.41) is 0. The third kappa shape index (κ3) is 4.41. The summed E-state index contributed by atoms with van der Waals surface area (Å²) in [7, 11) is 0. The Kier molecular flexibility index (Phi) is 5.02. The zero-order valence-corrected chi connectivity index (χ0v) is 12.7. The van der Waals surface area contributed by atoms with Gasteiger partial charge in [0, 0.05) is 6.08 Å². The van der Waals surface area contributed by atoms with Gasteiger partial charge < -0.3 is 9.47 Å². The van der Waals surface area contributed by atoms with Gasteiger partial charge in [-0.1, -0.05) is 66.7 Å². The van der Waals surface area contributed by atoms with Crippen LogP contribution in [0.25, 0.3) is 6.08 Å². The minimum atomic E-state index is -0.420. The van der Waals surface area contributed by atoms with E-state index in [1.807, 2.05) is 72.8 Å². The van der Waals surface area contributed by atoms with E-state index in [0.717, 1.165) is 11.1 Å². The van der Waals surface area contributed by atoms with Crippen molar-refractivity contribution in [3.05, 3.63) is 90.0 Å². The molecule has 3 rings (SSSR count).